The van der Waals surface area contributed by atoms with Crippen molar-refractivity contribution >= 4 is 12.1 Å². The van der Waals surface area contributed by atoms with Crippen molar-refractivity contribution in [3.8, 4) is 0 Å². The van der Waals surface area contributed by atoms with Gasteiger partial charge in [0, 0.05) is 0 Å². The molecule has 17 heavy (non-hydrogen) atoms. The zero-order valence-electron chi connectivity index (χ0n) is 10.7. The molecule has 0 N–H and O–H groups in total. The van der Waals surface area contributed by atoms with Crippen LogP contribution in [-0.4, -0.2) is 31.9 Å². The van der Waals surface area contributed by atoms with Crippen LogP contribution in [-0.2, 0) is 19.0 Å². The first-order valence-corrected chi connectivity index (χ1v) is 6.15. The number of carbonyl (C=O) groups excluding carboxylic acids is 2. The van der Waals surface area contributed by atoms with E-state index in [1.165, 1.54) is 0 Å². The van der Waals surface area contributed by atoms with Crippen LogP contribution in [0.15, 0.2) is 0 Å². The van der Waals surface area contributed by atoms with E-state index in [0.29, 0.717) is 13.2 Å². The number of carbonyl (C=O) groups is 2. The van der Waals surface area contributed by atoms with Crippen LogP contribution in [0.2, 0.25) is 0 Å². The van der Waals surface area contributed by atoms with Crippen LogP contribution in [0, 0.1) is 0 Å². The Bertz CT molecular complexity index is 193. The second-order valence-corrected chi connectivity index (χ2v) is 3.62. The molecule has 0 aromatic rings. The lowest BCUT2D eigenvalue weighted by Crippen LogP contribution is -2.13. The highest BCUT2D eigenvalue weighted by atomic mass is 16.7. The van der Waals surface area contributed by atoms with Crippen LogP contribution >= 0.6 is 0 Å². The van der Waals surface area contributed by atoms with Gasteiger partial charge in [0.25, 0.3) is 0 Å². The highest BCUT2D eigenvalue weighted by molar-refractivity contribution is 5.70. The first-order valence-electron chi connectivity index (χ1n) is 6.15. The van der Waals surface area contributed by atoms with Crippen molar-refractivity contribution in [3.05, 3.63) is 0 Å². The molecular formula is C12H22O5. The molecule has 0 bridgehead atoms. The average molecular weight is 246 g/mol. The Labute approximate surface area is 102 Å². The first-order chi connectivity index (χ1) is 8.20. The van der Waals surface area contributed by atoms with E-state index in [1.807, 2.05) is 13.8 Å². The van der Waals surface area contributed by atoms with Gasteiger partial charge in [-0.25, -0.2) is 4.79 Å². The van der Waals surface area contributed by atoms with Gasteiger partial charge in [-0.3, -0.25) is 4.79 Å². The molecule has 0 heterocycles. The SMILES string of the molecule is CCCCOC(=O)CCOC(=O)OCCCC. The van der Waals surface area contributed by atoms with Crippen LogP contribution in [0.3, 0.4) is 0 Å². The van der Waals surface area contributed by atoms with Gasteiger partial charge in [0.05, 0.1) is 19.6 Å². The molecule has 0 rings (SSSR count). The topological polar surface area (TPSA) is 61.8 Å². The Morgan fingerprint density at radius 2 is 1.35 bits per heavy atom. The number of unbranched alkanes of at least 4 members (excludes halogenated alkanes) is 2. The zero-order chi connectivity index (χ0) is 12.9. The van der Waals surface area contributed by atoms with E-state index >= 15 is 0 Å². The van der Waals surface area contributed by atoms with Crippen LogP contribution in [0.25, 0.3) is 0 Å². The van der Waals surface area contributed by atoms with Crippen LogP contribution in [0.4, 0.5) is 4.79 Å². The number of hydrogen-bond acceptors (Lipinski definition) is 5. The summed E-state index contributed by atoms with van der Waals surface area (Å²) in [5, 5.41) is 0. The number of esters is 1. The van der Waals surface area contributed by atoms with Gasteiger partial charge in [-0.1, -0.05) is 26.7 Å². The molecule has 100 valence electrons. The predicted molar refractivity (Wildman–Crippen MR) is 62.7 cm³/mol. The predicted octanol–water partition coefficient (Wildman–Crippen LogP) is 2.67. The summed E-state index contributed by atoms with van der Waals surface area (Å²) < 4.78 is 14.3. The highest BCUT2D eigenvalue weighted by Gasteiger charge is 2.07. The maximum atomic E-state index is 11.1. The quantitative estimate of drug-likeness (QED) is 0.462. The molecule has 0 radical (unpaired) electrons. The monoisotopic (exact) mass is 246 g/mol. The Morgan fingerprint density at radius 3 is 1.94 bits per heavy atom. The second-order valence-electron chi connectivity index (χ2n) is 3.62. The van der Waals surface area contributed by atoms with Gasteiger partial charge in [0.15, 0.2) is 0 Å². The molecule has 5 heteroatoms. The molecule has 0 atom stereocenters. The second kappa shape index (κ2) is 11.2. The molecule has 0 unspecified atom stereocenters. The highest BCUT2D eigenvalue weighted by Crippen LogP contribution is 1.95. The third kappa shape index (κ3) is 11.0. The number of ether oxygens (including phenoxy) is 3. The molecule has 0 amide bonds. The van der Waals surface area contributed by atoms with E-state index in [-0.39, 0.29) is 19.0 Å². The molecule has 0 aliphatic heterocycles. The van der Waals surface area contributed by atoms with Gasteiger partial charge >= 0.3 is 12.1 Å². The standard InChI is InChI=1S/C12H22O5/c1-3-5-8-15-11(13)7-10-17-12(14)16-9-6-4-2/h3-10H2,1-2H3. The van der Waals surface area contributed by atoms with E-state index in [2.05, 4.69) is 0 Å². The van der Waals surface area contributed by atoms with E-state index < -0.39 is 6.16 Å². The molecule has 0 fully saturated rings. The van der Waals surface area contributed by atoms with Gasteiger partial charge in [-0.15, -0.1) is 0 Å². The normalized spacial score (nSPS) is 9.76. The van der Waals surface area contributed by atoms with Gasteiger partial charge in [-0.05, 0) is 12.8 Å². The van der Waals surface area contributed by atoms with E-state index in [0.717, 1.165) is 25.7 Å². The van der Waals surface area contributed by atoms with Crippen molar-refractivity contribution in [1.29, 1.82) is 0 Å². The third-order valence-corrected chi connectivity index (χ3v) is 2.00. The van der Waals surface area contributed by atoms with E-state index in [9.17, 15) is 9.59 Å². The maximum Gasteiger partial charge on any atom is 0.508 e. The molecule has 0 aliphatic rings. The van der Waals surface area contributed by atoms with Crippen molar-refractivity contribution in [1.82, 2.24) is 0 Å². The molecule has 0 aromatic carbocycles. The average Bonchev–Trinajstić information content (AvgIpc) is 2.30. The van der Waals surface area contributed by atoms with Crippen LogP contribution < -0.4 is 0 Å². The zero-order valence-corrected chi connectivity index (χ0v) is 10.7. The van der Waals surface area contributed by atoms with Crippen molar-refractivity contribution in [2.75, 3.05) is 19.8 Å². The summed E-state index contributed by atoms with van der Waals surface area (Å²) in [7, 11) is 0. The lowest BCUT2D eigenvalue weighted by molar-refractivity contribution is -0.144. The third-order valence-electron chi connectivity index (χ3n) is 2.00. The molecule has 5 nitrogen and oxygen atoms in total. The van der Waals surface area contributed by atoms with E-state index in [4.69, 9.17) is 14.2 Å². The lowest BCUT2D eigenvalue weighted by Gasteiger charge is -2.06. The van der Waals surface area contributed by atoms with Crippen molar-refractivity contribution < 1.29 is 23.8 Å². The summed E-state index contributed by atoms with van der Waals surface area (Å²) in [6.45, 7) is 4.81. The summed E-state index contributed by atoms with van der Waals surface area (Å²) in [5.41, 5.74) is 0. The van der Waals surface area contributed by atoms with Crippen LogP contribution in [0.1, 0.15) is 46.0 Å². The Kier molecular flexibility index (Phi) is 10.4. The Balaban J connectivity index is 3.36. The summed E-state index contributed by atoms with van der Waals surface area (Å²) in [4.78, 5) is 22.1. The molecular weight excluding hydrogens is 224 g/mol. The summed E-state index contributed by atoms with van der Waals surface area (Å²) in [6.07, 6.45) is 2.96. The molecule has 0 aromatic heterocycles. The first kappa shape index (κ1) is 15.7. The van der Waals surface area contributed by atoms with Gasteiger partial charge in [0.2, 0.25) is 0 Å². The molecule has 0 saturated carbocycles. The fourth-order valence-corrected chi connectivity index (χ4v) is 0.962. The molecule has 0 spiro atoms. The Morgan fingerprint density at radius 1 is 0.824 bits per heavy atom. The smallest absolute Gasteiger partial charge is 0.466 e. The van der Waals surface area contributed by atoms with Gasteiger partial charge in [0.1, 0.15) is 6.61 Å². The Hall–Kier alpha value is -1.26. The van der Waals surface area contributed by atoms with Crippen molar-refractivity contribution in [2.24, 2.45) is 0 Å². The molecule has 0 saturated heterocycles. The molecule has 0 aliphatic carbocycles. The minimum atomic E-state index is -0.722. The van der Waals surface area contributed by atoms with Crippen molar-refractivity contribution in [2.45, 2.75) is 46.0 Å². The van der Waals surface area contributed by atoms with Crippen LogP contribution in [0.5, 0.6) is 0 Å². The maximum absolute atomic E-state index is 11.1. The summed E-state index contributed by atoms with van der Waals surface area (Å²) in [6, 6.07) is 0. The minimum absolute atomic E-state index is 0.00984. The fraction of sp³-hybridized carbons (Fsp3) is 0.833. The minimum Gasteiger partial charge on any atom is -0.466 e. The van der Waals surface area contributed by atoms with Crippen molar-refractivity contribution in [3.63, 3.8) is 0 Å². The largest absolute Gasteiger partial charge is 0.508 e. The number of rotatable bonds is 9. The van der Waals surface area contributed by atoms with Gasteiger partial charge < -0.3 is 14.2 Å². The lowest BCUT2D eigenvalue weighted by atomic mass is 10.4. The summed E-state index contributed by atoms with van der Waals surface area (Å²) >= 11 is 0. The summed E-state index contributed by atoms with van der Waals surface area (Å²) in [5.74, 6) is -0.347. The van der Waals surface area contributed by atoms with E-state index in [1.54, 1.807) is 0 Å². The fourth-order valence-electron chi connectivity index (χ4n) is 0.962. The van der Waals surface area contributed by atoms with Gasteiger partial charge in [-0.2, -0.15) is 0 Å². The number of hydrogen-bond donors (Lipinski definition) is 0.